The molecule has 6 heteroatoms. The summed E-state index contributed by atoms with van der Waals surface area (Å²) < 4.78 is 5.78. The van der Waals surface area contributed by atoms with Crippen LogP contribution in [0.25, 0.3) is 0 Å². The molecule has 0 bridgehead atoms. The number of benzene rings is 3. The van der Waals surface area contributed by atoms with Crippen molar-refractivity contribution in [3.8, 4) is 5.75 Å². The summed E-state index contributed by atoms with van der Waals surface area (Å²) in [6, 6.07) is 23.8. The highest BCUT2D eigenvalue weighted by molar-refractivity contribution is 6.30. The molecule has 1 unspecified atom stereocenters. The summed E-state index contributed by atoms with van der Waals surface area (Å²) in [4.78, 5) is 28.1. The molecule has 1 N–H and O–H groups in total. The summed E-state index contributed by atoms with van der Waals surface area (Å²) in [6.07, 6.45) is 0.392. The van der Waals surface area contributed by atoms with Gasteiger partial charge in [0.15, 0.2) is 6.61 Å². The first-order valence-electron chi connectivity index (χ1n) is 11.0. The Labute approximate surface area is 200 Å². The summed E-state index contributed by atoms with van der Waals surface area (Å²) in [5.74, 6) is 0.139. The highest BCUT2D eigenvalue weighted by Crippen LogP contribution is 2.18. The summed E-state index contributed by atoms with van der Waals surface area (Å²) >= 11 is 6.18. The van der Waals surface area contributed by atoms with E-state index in [9.17, 15) is 9.59 Å². The molecule has 0 saturated heterocycles. The van der Waals surface area contributed by atoms with Gasteiger partial charge in [0.25, 0.3) is 5.91 Å². The molecule has 0 aliphatic heterocycles. The number of rotatable bonds is 10. The van der Waals surface area contributed by atoms with Crippen LogP contribution in [0.4, 0.5) is 0 Å². The lowest BCUT2D eigenvalue weighted by atomic mass is 10.0. The lowest BCUT2D eigenvalue weighted by Crippen LogP contribution is -2.51. The summed E-state index contributed by atoms with van der Waals surface area (Å²) in [5.41, 5.74) is 2.85. The van der Waals surface area contributed by atoms with Crippen molar-refractivity contribution in [1.82, 2.24) is 10.2 Å². The number of nitrogens with zero attached hydrogens (tertiary/aromatic N) is 1. The number of carbonyl (C=O) groups excluding carboxylic acids is 2. The minimum Gasteiger partial charge on any atom is -0.484 e. The molecule has 2 amide bonds. The van der Waals surface area contributed by atoms with Crippen molar-refractivity contribution in [2.75, 3.05) is 13.2 Å². The van der Waals surface area contributed by atoms with Crippen LogP contribution in [0.3, 0.4) is 0 Å². The fraction of sp³-hybridized carbons (Fsp3) is 0.259. The first-order valence-corrected chi connectivity index (χ1v) is 11.4. The lowest BCUT2D eigenvalue weighted by molar-refractivity contribution is -0.142. The molecule has 172 valence electrons. The number of amides is 2. The zero-order valence-corrected chi connectivity index (χ0v) is 19.7. The van der Waals surface area contributed by atoms with E-state index in [0.29, 0.717) is 23.7 Å². The predicted molar refractivity (Wildman–Crippen MR) is 131 cm³/mol. The molecular weight excluding hydrogens is 436 g/mol. The molecule has 5 nitrogen and oxygen atoms in total. The maximum atomic E-state index is 13.4. The van der Waals surface area contributed by atoms with E-state index in [0.717, 1.165) is 16.7 Å². The molecule has 3 aromatic rings. The van der Waals surface area contributed by atoms with Crippen LogP contribution >= 0.6 is 11.6 Å². The van der Waals surface area contributed by atoms with E-state index in [1.165, 1.54) is 0 Å². The number of likely N-dealkylation sites (N-methyl/N-ethyl adjacent to an activating group) is 1. The molecule has 0 heterocycles. The Morgan fingerprint density at radius 2 is 1.70 bits per heavy atom. The Hall–Kier alpha value is -3.31. The molecule has 0 spiro atoms. The number of aryl methyl sites for hydroxylation is 1. The molecule has 1 atom stereocenters. The number of halogens is 1. The molecule has 3 aromatic carbocycles. The van der Waals surface area contributed by atoms with Gasteiger partial charge in [-0.2, -0.15) is 0 Å². The molecule has 0 radical (unpaired) electrons. The maximum Gasteiger partial charge on any atom is 0.261 e. The molecule has 0 fully saturated rings. The van der Waals surface area contributed by atoms with Gasteiger partial charge >= 0.3 is 0 Å². The van der Waals surface area contributed by atoms with Crippen molar-refractivity contribution in [1.29, 1.82) is 0 Å². The number of ether oxygens (including phenoxy) is 1. The largest absolute Gasteiger partial charge is 0.484 e. The Morgan fingerprint density at radius 1 is 0.970 bits per heavy atom. The fourth-order valence-electron chi connectivity index (χ4n) is 3.61. The van der Waals surface area contributed by atoms with Crippen molar-refractivity contribution >= 4 is 23.4 Å². The van der Waals surface area contributed by atoms with Crippen molar-refractivity contribution in [2.24, 2.45) is 0 Å². The third-order valence-corrected chi connectivity index (χ3v) is 5.45. The van der Waals surface area contributed by atoms with Crippen molar-refractivity contribution < 1.29 is 14.3 Å². The Bertz CT molecular complexity index is 1070. The van der Waals surface area contributed by atoms with Gasteiger partial charge in [0.05, 0.1) is 0 Å². The van der Waals surface area contributed by atoms with Crippen LogP contribution in [0, 0.1) is 6.92 Å². The van der Waals surface area contributed by atoms with Gasteiger partial charge in [-0.15, -0.1) is 0 Å². The van der Waals surface area contributed by atoms with E-state index in [-0.39, 0.29) is 25.0 Å². The van der Waals surface area contributed by atoms with Crippen LogP contribution < -0.4 is 10.1 Å². The molecule has 0 saturated carbocycles. The summed E-state index contributed by atoms with van der Waals surface area (Å²) in [5, 5.41) is 3.46. The Balaban J connectivity index is 1.89. The van der Waals surface area contributed by atoms with Gasteiger partial charge < -0.3 is 15.0 Å². The van der Waals surface area contributed by atoms with Crippen molar-refractivity contribution in [3.05, 3.63) is 101 Å². The van der Waals surface area contributed by atoms with Crippen molar-refractivity contribution in [2.45, 2.75) is 32.9 Å². The quantitative estimate of drug-likeness (QED) is 0.468. The van der Waals surface area contributed by atoms with Gasteiger partial charge in [-0.05, 0) is 54.8 Å². The fourth-order valence-corrected chi connectivity index (χ4v) is 3.82. The number of hydrogen-bond acceptors (Lipinski definition) is 3. The first-order chi connectivity index (χ1) is 16.0. The van der Waals surface area contributed by atoms with Crippen LogP contribution in [0.2, 0.25) is 5.02 Å². The lowest BCUT2D eigenvalue weighted by Gasteiger charge is -2.31. The standard InChI is InChI=1S/C27H29ClN2O3/c1-3-29-27(32)25(17-21-10-5-4-6-11-21)30(18-22-12-8-13-23(28)16-22)26(31)19-33-24-14-7-9-20(2)15-24/h4-16,25H,3,17-19H2,1-2H3,(H,29,32). The molecular formula is C27H29ClN2O3. The number of hydrogen-bond donors (Lipinski definition) is 1. The third kappa shape index (κ3) is 7.36. The van der Waals surface area contributed by atoms with Gasteiger partial charge in [0, 0.05) is 24.5 Å². The normalized spacial score (nSPS) is 11.5. The highest BCUT2D eigenvalue weighted by Gasteiger charge is 2.30. The van der Waals surface area contributed by atoms with Gasteiger partial charge in [-0.25, -0.2) is 0 Å². The Kier molecular flexibility index (Phi) is 8.90. The molecule has 0 aromatic heterocycles. The second-order valence-corrected chi connectivity index (χ2v) is 8.29. The second-order valence-electron chi connectivity index (χ2n) is 7.86. The van der Waals surface area contributed by atoms with E-state index in [2.05, 4.69) is 5.32 Å². The molecule has 3 rings (SSSR count). The number of nitrogens with one attached hydrogen (secondary N) is 1. The van der Waals surface area contributed by atoms with Crippen LogP contribution in [0.15, 0.2) is 78.9 Å². The smallest absolute Gasteiger partial charge is 0.261 e. The SMILES string of the molecule is CCNC(=O)C(Cc1ccccc1)N(Cc1cccc(Cl)c1)C(=O)COc1cccc(C)c1. The predicted octanol–water partition coefficient (Wildman–Crippen LogP) is 4.80. The van der Waals surface area contributed by atoms with E-state index < -0.39 is 6.04 Å². The Morgan fingerprint density at radius 3 is 2.39 bits per heavy atom. The highest BCUT2D eigenvalue weighted by atomic mass is 35.5. The third-order valence-electron chi connectivity index (χ3n) is 5.22. The van der Waals surface area contributed by atoms with Crippen molar-refractivity contribution in [3.63, 3.8) is 0 Å². The van der Waals surface area contributed by atoms with Crippen LogP contribution in [0.1, 0.15) is 23.6 Å². The second kappa shape index (κ2) is 12.1. The topological polar surface area (TPSA) is 58.6 Å². The zero-order chi connectivity index (χ0) is 23.6. The number of carbonyl (C=O) groups is 2. The van der Waals surface area contributed by atoms with Gasteiger partial charge in [-0.3, -0.25) is 9.59 Å². The molecule has 0 aliphatic carbocycles. The van der Waals surface area contributed by atoms with Crippen LogP contribution in [-0.2, 0) is 22.6 Å². The first kappa shape index (κ1) is 24.3. The minimum absolute atomic E-state index is 0.172. The average Bonchev–Trinajstić information content (AvgIpc) is 2.80. The van der Waals surface area contributed by atoms with E-state index in [1.54, 1.807) is 17.0 Å². The van der Waals surface area contributed by atoms with Crippen LogP contribution in [-0.4, -0.2) is 35.9 Å². The zero-order valence-electron chi connectivity index (χ0n) is 19.0. The maximum absolute atomic E-state index is 13.4. The summed E-state index contributed by atoms with van der Waals surface area (Å²) in [7, 11) is 0. The van der Waals surface area contributed by atoms with Gasteiger partial charge in [0.1, 0.15) is 11.8 Å². The summed E-state index contributed by atoms with van der Waals surface area (Å²) in [6.45, 7) is 4.37. The van der Waals surface area contributed by atoms with E-state index in [4.69, 9.17) is 16.3 Å². The average molecular weight is 465 g/mol. The van der Waals surface area contributed by atoms with Gasteiger partial charge in [0.2, 0.25) is 5.91 Å². The van der Waals surface area contributed by atoms with Crippen LogP contribution in [0.5, 0.6) is 5.75 Å². The van der Waals surface area contributed by atoms with E-state index >= 15 is 0 Å². The minimum atomic E-state index is -0.694. The molecule has 0 aliphatic rings. The molecule has 33 heavy (non-hydrogen) atoms. The monoisotopic (exact) mass is 464 g/mol. The van der Waals surface area contributed by atoms with E-state index in [1.807, 2.05) is 80.6 Å². The van der Waals surface area contributed by atoms with Gasteiger partial charge in [-0.1, -0.05) is 66.2 Å².